The fourth-order valence-electron chi connectivity index (χ4n) is 2.33. The second-order valence-corrected chi connectivity index (χ2v) is 9.07. The molecule has 0 spiro atoms. The fourth-order valence-corrected chi connectivity index (χ4v) is 5.11. The largest absolute Gasteiger partial charge is 0.468 e. The van der Waals surface area contributed by atoms with E-state index < -0.39 is 16.0 Å². The third-order valence-electron chi connectivity index (χ3n) is 3.68. The van der Waals surface area contributed by atoms with Gasteiger partial charge in [0, 0.05) is 4.47 Å². The molecule has 0 radical (unpaired) electrons. The van der Waals surface area contributed by atoms with Crippen LogP contribution in [0.4, 0.5) is 0 Å². The number of esters is 1. The Labute approximate surface area is 162 Å². The second kappa shape index (κ2) is 7.34. The molecule has 26 heavy (non-hydrogen) atoms. The van der Waals surface area contributed by atoms with Gasteiger partial charge in [-0.15, -0.1) is 4.40 Å². The number of sulfonamides is 1. The molecular formula is C17H15BrN2O4S2. The van der Waals surface area contributed by atoms with Crippen molar-refractivity contribution in [1.29, 1.82) is 0 Å². The Hall–Kier alpha value is -1.97. The monoisotopic (exact) mass is 454 g/mol. The first-order chi connectivity index (χ1) is 12.3. The van der Waals surface area contributed by atoms with E-state index in [9.17, 15) is 13.2 Å². The summed E-state index contributed by atoms with van der Waals surface area (Å²) in [7, 11) is -2.62. The predicted molar refractivity (Wildman–Crippen MR) is 103 cm³/mol. The van der Waals surface area contributed by atoms with Gasteiger partial charge in [0.2, 0.25) is 4.80 Å². The maximum absolute atomic E-state index is 12.7. The van der Waals surface area contributed by atoms with Gasteiger partial charge in [0.25, 0.3) is 10.0 Å². The molecule has 0 amide bonds. The molecule has 0 atom stereocenters. The third kappa shape index (κ3) is 3.89. The van der Waals surface area contributed by atoms with Crippen molar-refractivity contribution in [3.8, 4) is 0 Å². The van der Waals surface area contributed by atoms with E-state index in [0.717, 1.165) is 14.7 Å². The summed E-state index contributed by atoms with van der Waals surface area (Å²) < 4.78 is 37.2. The minimum absolute atomic E-state index is 0.103. The Morgan fingerprint density at radius 2 is 1.92 bits per heavy atom. The number of aryl methyl sites for hydroxylation is 1. The molecule has 3 aromatic rings. The van der Waals surface area contributed by atoms with Crippen molar-refractivity contribution in [2.75, 3.05) is 7.11 Å². The molecule has 0 aliphatic heterocycles. The second-order valence-electron chi connectivity index (χ2n) is 5.54. The number of methoxy groups -OCH3 is 1. The van der Waals surface area contributed by atoms with Gasteiger partial charge in [0.1, 0.15) is 6.54 Å². The number of benzene rings is 2. The number of halogens is 1. The molecule has 1 aromatic heterocycles. The highest BCUT2D eigenvalue weighted by Crippen LogP contribution is 2.23. The van der Waals surface area contributed by atoms with Crippen LogP contribution in [0.25, 0.3) is 10.2 Å². The van der Waals surface area contributed by atoms with Gasteiger partial charge in [0.05, 0.1) is 22.2 Å². The molecule has 0 fully saturated rings. The van der Waals surface area contributed by atoms with Gasteiger partial charge in [-0.1, -0.05) is 45.0 Å². The Morgan fingerprint density at radius 1 is 1.23 bits per heavy atom. The van der Waals surface area contributed by atoms with Crippen LogP contribution in [0.15, 0.2) is 56.2 Å². The van der Waals surface area contributed by atoms with E-state index in [2.05, 4.69) is 20.3 Å². The zero-order valence-electron chi connectivity index (χ0n) is 14.0. The van der Waals surface area contributed by atoms with E-state index in [0.29, 0.717) is 5.52 Å². The summed E-state index contributed by atoms with van der Waals surface area (Å²) >= 11 is 4.59. The number of hydrogen-bond acceptors (Lipinski definition) is 5. The van der Waals surface area contributed by atoms with Crippen LogP contribution in [0.2, 0.25) is 0 Å². The topological polar surface area (TPSA) is 77.7 Å². The highest BCUT2D eigenvalue weighted by molar-refractivity contribution is 9.10. The van der Waals surface area contributed by atoms with E-state index in [4.69, 9.17) is 4.74 Å². The lowest BCUT2D eigenvalue weighted by molar-refractivity contribution is -0.141. The molecule has 9 heteroatoms. The Balaban J connectivity index is 2.22. The Morgan fingerprint density at radius 3 is 2.58 bits per heavy atom. The number of rotatable bonds is 4. The van der Waals surface area contributed by atoms with Crippen molar-refractivity contribution in [3.63, 3.8) is 0 Å². The number of aromatic nitrogens is 1. The number of nitrogens with zero attached hydrogens (tertiary/aromatic N) is 2. The number of carbonyl (C=O) groups excluding carboxylic acids is 1. The molecule has 0 N–H and O–H groups in total. The van der Waals surface area contributed by atoms with Crippen LogP contribution in [0.3, 0.4) is 0 Å². The van der Waals surface area contributed by atoms with Crippen LogP contribution in [-0.2, 0) is 26.1 Å². The Bertz CT molecular complexity index is 1150. The van der Waals surface area contributed by atoms with Crippen molar-refractivity contribution in [2.45, 2.75) is 18.4 Å². The van der Waals surface area contributed by atoms with Crippen LogP contribution in [0.5, 0.6) is 0 Å². The summed E-state index contributed by atoms with van der Waals surface area (Å²) in [4.78, 5) is 12.1. The molecule has 0 unspecified atom stereocenters. The van der Waals surface area contributed by atoms with E-state index in [1.54, 1.807) is 22.8 Å². The average Bonchev–Trinajstić information content (AvgIpc) is 2.90. The minimum Gasteiger partial charge on any atom is -0.468 e. The lowest BCUT2D eigenvalue weighted by Crippen LogP contribution is -2.22. The van der Waals surface area contributed by atoms with Gasteiger partial charge in [-0.2, -0.15) is 8.42 Å². The third-order valence-corrected chi connectivity index (χ3v) is 6.61. The van der Waals surface area contributed by atoms with Gasteiger partial charge in [-0.3, -0.25) is 4.79 Å². The number of fused-ring (bicyclic) bond motifs is 1. The van der Waals surface area contributed by atoms with E-state index in [1.165, 1.54) is 30.6 Å². The van der Waals surface area contributed by atoms with Crippen molar-refractivity contribution in [2.24, 2.45) is 4.40 Å². The van der Waals surface area contributed by atoms with Gasteiger partial charge >= 0.3 is 5.97 Å². The lowest BCUT2D eigenvalue weighted by Gasteiger charge is -2.04. The summed E-state index contributed by atoms with van der Waals surface area (Å²) in [6.45, 7) is 1.75. The van der Waals surface area contributed by atoms with Gasteiger partial charge < -0.3 is 9.30 Å². The normalized spacial score (nSPS) is 12.5. The summed E-state index contributed by atoms with van der Waals surface area (Å²) in [6.07, 6.45) is 0. The van der Waals surface area contributed by atoms with Crippen LogP contribution >= 0.6 is 27.3 Å². The average molecular weight is 455 g/mol. The molecule has 136 valence electrons. The predicted octanol–water partition coefficient (Wildman–Crippen LogP) is 3.24. The summed E-state index contributed by atoms with van der Waals surface area (Å²) in [5.41, 5.74) is 1.66. The van der Waals surface area contributed by atoms with Gasteiger partial charge in [-0.25, -0.2) is 0 Å². The number of thiazole rings is 1. The van der Waals surface area contributed by atoms with Crippen LogP contribution in [-0.4, -0.2) is 26.1 Å². The molecule has 6 nitrogen and oxygen atoms in total. The fraction of sp³-hybridized carbons (Fsp3) is 0.176. The molecule has 3 rings (SSSR count). The zero-order chi connectivity index (χ0) is 18.9. The molecule has 0 aliphatic carbocycles. The van der Waals surface area contributed by atoms with Crippen LogP contribution in [0.1, 0.15) is 5.56 Å². The summed E-state index contributed by atoms with van der Waals surface area (Å²) in [6, 6.07) is 11.9. The van der Waals surface area contributed by atoms with E-state index >= 15 is 0 Å². The van der Waals surface area contributed by atoms with Gasteiger partial charge in [-0.05, 0) is 37.3 Å². The molecule has 0 bridgehead atoms. The minimum atomic E-state index is -3.90. The van der Waals surface area contributed by atoms with E-state index in [-0.39, 0.29) is 16.2 Å². The first-order valence-electron chi connectivity index (χ1n) is 7.53. The molecule has 1 heterocycles. The highest BCUT2D eigenvalue weighted by atomic mass is 79.9. The van der Waals surface area contributed by atoms with E-state index in [1.807, 2.05) is 19.1 Å². The Kier molecular flexibility index (Phi) is 5.31. The SMILES string of the molecule is COC(=O)Cn1/c(=N/S(=O)(=O)c2ccc(C)cc2)sc2cc(Br)ccc21. The van der Waals surface area contributed by atoms with Crippen molar-refractivity contribution in [1.82, 2.24) is 4.57 Å². The van der Waals surface area contributed by atoms with Crippen molar-refractivity contribution >= 4 is 53.5 Å². The van der Waals surface area contributed by atoms with Gasteiger partial charge in [0.15, 0.2) is 0 Å². The smallest absolute Gasteiger partial charge is 0.325 e. The summed E-state index contributed by atoms with van der Waals surface area (Å²) in [5.74, 6) is -0.484. The lowest BCUT2D eigenvalue weighted by atomic mass is 10.2. The molecular weight excluding hydrogens is 440 g/mol. The zero-order valence-corrected chi connectivity index (χ0v) is 17.2. The number of ether oxygens (including phenoxy) is 1. The highest BCUT2D eigenvalue weighted by Gasteiger charge is 2.16. The van der Waals surface area contributed by atoms with Crippen LogP contribution in [0, 0.1) is 6.92 Å². The molecule has 0 saturated heterocycles. The standard InChI is InChI=1S/C17H15BrN2O4S2/c1-11-3-6-13(7-4-11)26(22,23)19-17-20(10-16(21)24-2)14-8-5-12(18)9-15(14)25-17/h3-9H,10H2,1-2H3/b19-17-. The first kappa shape index (κ1) is 18.8. The maximum atomic E-state index is 12.7. The first-order valence-corrected chi connectivity index (χ1v) is 10.6. The molecule has 0 aliphatic rings. The number of hydrogen-bond donors (Lipinski definition) is 0. The van der Waals surface area contributed by atoms with Crippen molar-refractivity contribution in [3.05, 3.63) is 57.3 Å². The maximum Gasteiger partial charge on any atom is 0.325 e. The summed E-state index contributed by atoms with van der Waals surface area (Å²) in [5, 5.41) is 0. The molecule has 0 saturated carbocycles. The quantitative estimate of drug-likeness (QED) is 0.566. The van der Waals surface area contributed by atoms with Crippen LogP contribution < -0.4 is 4.80 Å². The van der Waals surface area contributed by atoms with Crippen molar-refractivity contribution < 1.29 is 17.9 Å². The molecule has 2 aromatic carbocycles. The number of carbonyl (C=O) groups is 1.